The maximum atomic E-state index is 12.2. The maximum absolute atomic E-state index is 12.2. The molecule has 1 aliphatic rings. The minimum Gasteiger partial charge on any atom is -0.385 e. The topological polar surface area (TPSA) is 50.4 Å². The van der Waals surface area contributed by atoms with Gasteiger partial charge in [-0.15, -0.1) is 0 Å². The van der Waals surface area contributed by atoms with Gasteiger partial charge in [0, 0.05) is 30.9 Å². The Labute approximate surface area is 120 Å². The summed E-state index contributed by atoms with van der Waals surface area (Å²) in [6.07, 6.45) is 3.22. The number of aryl methyl sites for hydroxylation is 1. The van der Waals surface area contributed by atoms with Crippen molar-refractivity contribution >= 4 is 11.6 Å². The second kappa shape index (κ2) is 6.75. The first-order chi connectivity index (χ1) is 9.63. The van der Waals surface area contributed by atoms with Crippen LogP contribution in [0.3, 0.4) is 0 Å². The molecule has 0 saturated heterocycles. The third-order valence-corrected chi connectivity index (χ3v) is 3.81. The van der Waals surface area contributed by atoms with E-state index in [-0.39, 0.29) is 11.9 Å². The predicted octanol–water partition coefficient (Wildman–Crippen LogP) is 2.72. The molecular weight excluding hydrogens is 252 g/mol. The summed E-state index contributed by atoms with van der Waals surface area (Å²) in [7, 11) is 1.72. The maximum Gasteiger partial charge on any atom is 0.251 e. The van der Waals surface area contributed by atoms with E-state index >= 15 is 0 Å². The van der Waals surface area contributed by atoms with Crippen molar-refractivity contribution in [2.45, 2.75) is 45.3 Å². The second-order valence-corrected chi connectivity index (χ2v) is 5.46. The fourth-order valence-corrected chi connectivity index (χ4v) is 2.44. The third kappa shape index (κ3) is 3.51. The van der Waals surface area contributed by atoms with Crippen molar-refractivity contribution in [2.75, 3.05) is 19.0 Å². The Balaban J connectivity index is 1.93. The van der Waals surface area contributed by atoms with Crippen molar-refractivity contribution in [3.05, 3.63) is 29.3 Å². The van der Waals surface area contributed by atoms with E-state index in [1.165, 1.54) is 0 Å². The molecule has 1 aromatic rings. The lowest BCUT2D eigenvalue weighted by Gasteiger charge is -2.34. The number of nitrogens with one attached hydrogen (secondary N) is 2. The highest BCUT2D eigenvalue weighted by Gasteiger charge is 2.30. The molecule has 2 rings (SSSR count). The van der Waals surface area contributed by atoms with E-state index in [9.17, 15) is 4.79 Å². The normalized spacial score (nSPS) is 21.1. The molecule has 1 aromatic carbocycles. The van der Waals surface area contributed by atoms with Crippen molar-refractivity contribution < 1.29 is 9.53 Å². The first-order valence-electron chi connectivity index (χ1n) is 7.32. The largest absolute Gasteiger partial charge is 0.385 e. The molecule has 1 saturated carbocycles. The Hall–Kier alpha value is -1.55. The van der Waals surface area contributed by atoms with Crippen molar-refractivity contribution in [1.29, 1.82) is 0 Å². The van der Waals surface area contributed by atoms with Crippen LogP contribution in [0.15, 0.2) is 18.2 Å². The Bertz CT molecular complexity index is 468. The molecule has 20 heavy (non-hydrogen) atoms. The van der Waals surface area contributed by atoms with Crippen LogP contribution in [0.1, 0.15) is 42.1 Å². The first kappa shape index (κ1) is 14.9. The van der Waals surface area contributed by atoms with Crippen LogP contribution >= 0.6 is 0 Å². The fraction of sp³-hybridized carbons (Fsp3) is 0.562. The van der Waals surface area contributed by atoms with Crippen LogP contribution in [0.5, 0.6) is 0 Å². The summed E-state index contributed by atoms with van der Waals surface area (Å²) in [5.74, 6) is 0.0177. The van der Waals surface area contributed by atoms with Crippen molar-refractivity contribution in [2.24, 2.45) is 0 Å². The lowest BCUT2D eigenvalue weighted by Crippen LogP contribution is -2.47. The summed E-state index contributed by atoms with van der Waals surface area (Å²) in [5, 5.41) is 6.39. The van der Waals surface area contributed by atoms with E-state index in [0.29, 0.717) is 6.10 Å². The lowest BCUT2D eigenvalue weighted by atomic mass is 9.89. The zero-order valence-electron chi connectivity index (χ0n) is 12.5. The van der Waals surface area contributed by atoms with Gasteiger partial charge in [-0.05, 0) is 49.9 Å². The van der Waals surface area contributed by atoms with Crippen LogP contribution < -0.4 is 10.6 Å². The molecule has 1 aliphatic carbocycles. The minimum atomic E-state index is 0.0177. The summed E-state index contributed by atoms with van der Waals surface area (Å²) < 4.78 is 5.22. The highest BCUT2D eigenvalue weighted by Crippen LogP contribution is 2.23. The van der Waals surface area contributed by atoms with E-state index < -0.39 is 0 Å². The van der Waals surface area contributed by atoms with Crippen LogP contribution in [-0.4, -0.2) is 31.7 Å². The summed E-state index contributed by atoms with van der Waals surface area (Å²) >= 11 is 0. The predicted molar refractivity (Wildman–Crippen MR) is 81.2 cm³/mol. The van der Waals surface area contributed by atoms with Gasteiger partial charge in [-0.3, -0.25) is 4.79 Å². The summed E-state index contributed by atoms with van der Waals surface area (Å²) in [4.78, 5) is 12.2. The van der Waals surface area contributed by atoms with Gasteiger partial charge in [-0.1, -0.05) is 6.92 Å². The Kier molecular flexibility index (Phi) is 5.01. The molecule has 0 atom stereocenters. The van der Waals surface area contributed by atoms with Gasteiger partial charge in [-0.2, -0.15) is 0 Å². The number of hydrogen-bond acceptors (Lipinski definition) is 3. The van der Waals surface area contributed by atoms with Crippen LogP contribution in [0.2, 0.25) is 0 Å². The Morgan fingerprint density at radius 2 is 2.15 bits per heavy atom. The van der Waals surface area contributed by atoms with E-state index in [1.54, 1.807) is 7.11 Å². The molecular formula is C16H24N2O2. The number of hydrogen-bond donors (Lipinski definition) is 2. The molecule has 0 aromatic heterocycles. The van der Waals surface area contributed by atoms with Gasteiger partial charge in [-0.25, -0.2) is 0 Å². The number of benzene rings is 1. The van der Waals surface area contributed by atoms with Crippen molar-refractivity contribution in [3.63, 3.8) is 0 Å². The Morgan fingerprint density at radius 3 is 2.75 bits per heavy atom. The summed E-state index contributed by atoms with van der Waals surface area (Å²) in [5.41, 5.74) is 2.84. The molecule has 0 spiro atoms. The first-order valence-corrected chi connectivity index (χ1v) is 7.32. The Morgan fingerprint density at radius 1 is 1.40 bits per heavy atom. The van der Waals surface area contributed by atoms with Gasteiger partial charge >= 0.3 is 0 Å². The fourth-order valence-electron chi connectivity index (χ4n) is 2.44. The molecule has 0 radical (unpaired) electrons. The zero-order valence-corrected chi connectivity index (χ0v) is 12.5. The SMILES string of the molecule is CCCNc1ccc(C(=O)NC2CC(OC)C2)c(C)c1. The average Bonchev–Trinajstić information content (AvgIpc) is 2.39. The van der Waals surface area contributed by atoms with Gasteiger partial charge < -0.3 is 15.4 Å². The van der Waals surface area contributed by atoms with Crippen molar-refractivity contribution in [1.82, 2.24) is 5.32 Å². The minimum absolute atomic E-state index is 0.0177. The van der Waals surface area contributed by atoms with Crippen LogP contribution in [0, 0.1) is 6.92 Å². The molecule has 0 unspecified atom stereocenters. The lowest BCUT2D eigenvalue weighted by molar-refractivity contribution is 0.0176. The number of rotatable bonds is 6. The van der Waals surface area contributed by atoms with Gasteiger partial charge in [0.15, 0.2) is 0 Å². The standard InChI is InChI=1S/C16H24N2O2/c1-4-7-17-12-5-6-15(11(2)8-12)16(19)18-13-9-14(10-13)20-3/h5-6,8,13-14,17H,4,7,9-10H2,1-3H3,(H,18,19). The van der Waals surface area contributed by atoms with Gasteiger partial charge in [0.2, 0.25) is 0 Å². The second-order valence-electron chi connectivity index (χ2n) is 5.46. The molecule has 1 fully saturated rings. The number of ether oxygens (including phenoxy) is 1. The molecule has 4 heteroatoms. The van der Waals surface area contributed by atoms with Crippen LogP contribution in [-0.2, 0) is 4.74 Å². The average molecular weight is 276 g/mol. The quantitative estimate of drug-likeness (QED) is 0.840. The zero-order chi connectivity index (χ0) is 14.5. The number of carbonyl (C=O) groups is 1. The summed E-state index contributed by atoms with van der Waals surface area (Å²) in [6, 6.07) is 6.15. The van der Waals surface area contributed by atoms with Crippen LogP contribution in [0.25, 0.3) is 0 Å². The summed E-state index contributed by atoms with van der Waals surface area (Å²) in [6.45, 7) is 5.06. The van der Waals surface area contributed by atoms with E-state index in [0.717, 1.165) is 42.6 Å². The molecule has 110 valence electrons. The number of anilines is 1. The number of methoxy groups -OCH3 is 1. The van der Waals surface area contributed by atoms with E-state index in [2.05, 4.69) is 17.6 Å². The van der Waals surface area contributed by atoms with Gasteiger partial charge in [0.25, 0.3) is 5.91 Å². The number of carbonyl (C=O) groups excluding carboxylic acids is 1. The highest BCUT2D eigenvalue weighted by atomic mass is 16.5. The molecule has 2 N–H and O–H groups in total. The van der Waals surface area contributed by atoms with Gasteiger partial charge in [0.05, 0.1) is 6.10 Å². The number of amides is 1. The molecule has 1 amide bonds. The van der Waals surface area contributed by atoms with Crippen LogP contribution in [0.4, 0.5) is 5.69 Å². The van der Waals surface area contributed by atoms with Crippen molar-refractivity contribution in [3.8, 4) is 0 Å². The third-order valence-electron chi connectivity index (χ3n) is 3.81. The monoisotopic (exact) mass is 276 g/mol. The molecule has 0 aliphatic heterocycles. The van der Waals surface area contributed by atoms with E-state index in [1.807, 2.05) is 25.1 Å². The van der Waals surface area contributed by atoms with E-state index in [4.69, 9.17) is 4.74 Å². The smallest absolute Gasteiger partial charge is 0.251 e. The molecule has 4 nitrogen and oxygen atoms in total. The van der Waals surface area contributed by atoms with Gasteiger partial charge in [0.1, 0.15) is 0 Å². The highest BCUT2D eigenvalue weighted by molar-refractivity contribution is 5.96. The molecule has 0 heterocycles. The molecule has 0 bridgehead atoms.